The van der Waals surface area contributed by atoms with Crippen LogP contribution < -0.4 is 5.32 Å². The summed E-state index contributed by atoms with van der Waals surface area (Å²) in [5, 5.41) is 3.61. The molecule has 1 aliphatic rings. The highest BCUT2D eigenvalue weighted by Crippen LogP contribution is 2.32. The summed E-state index contributed by atoms with van der Waals surface area (Å²) < 4.78 is 10.9. The average molecular weight is 231 g/mol. The zero-order valence-corrected chi connectivity index (χ0v) is 9.98. The lowest BCUT2D eigenvalue weighted by Gasteiger charge is -2.25. The Bertz CT molecular complexity index is 472. The molecule has 2 atom stereocenters. The summed E-state index contributed by atoms with van der Waals surface area (Å²) in [6.07, 6.45) is 6.93. The van der Waals surface area contributed by atoms with Crippen molar-refractivity contribution in [1.29, 1.82) is 0 Å². The Kier molecular flexibility index (Phi) is 2.77. The molecule has 1 N–H and O–H groups in total. The first-order valence-electron chi connectivity index (χ1n) is 6.20. The second-order valence-electron chi connectivity index (χ2n) is 4.65. The standard InChI is InChI=1S/C14H17NO2/c1-10(13-6-3-8-16-13)15-12-4-2-5-14-11(12)7-9-17-14/h3,6-10,12,15H,2,4-5H2,1H3. The van der Waals surface area contributed by atoms with Crippen LogP contribution in [0.4, 0.5) is 0 Å². The average Bonchev–Trinajstić information content (AvgIpc) is 3.00. The van der Waals surface area contributed by atoms with Crippen LogP contribution in [-0.2, 0) is 6.42 Å². The number of fused-ring (bicyclic) bond motifs is 1. The maximum absolute atomic E-state index is 5.50. The molecule has 3 heteroatoms. The van der Waals surface area contributed by atoms with Crippen LogP contribution in [0.3, 0.4) is 0 Å². The van der Waals surface area contributed by atoms with Crippen molar-refractivity contribution in [3.8, 4) is 0 Å². The Balaban J connectivity index is 1.75. The van der Waals surface area contributed by atoms with Gasteiger partial charge in [-0.2, -0.15) is 0 Å². The van der Waals surface area contributed by atoms with Gasteiger partial charge in [-0.3, -0.25) is 0 Å². The van der Waals surface area contributed by atoms with E-state index in [0.29, 0.717) is 6.04 Å². The normalized spacial score (nSPS) is 21.1. The van der Waals surface area contributed by atoms with Crippen LogP contribution in [0.1, 0.15) is 48.9 Å². The number of nitrogens with one attached hydrogen (secondary N) is 1. The van der Waals surface area contributed by atoms with Crippen LogP contribution >= 0.6 is 0 Å². The molecular weight excluding hydrogens is 214 g/mol. The van der Waals surface area contributed by atoms with Crippen molar-refractivity contribution in [2.75, 3.05) is 0 Å². The number of rotatable bonds is 3. The molecule has 2 heterocycles. The van der Waals surface area contributed by atoms with Crippen LogP contribution in [0.25, 0.3) is 0 Å². The van der Waals surface area contributed by atoms with Gasteiger partial charge in [-0.25, -0.2) is 0 Å². The largest absolute Gasteiger partial charge is 0.469 e. The Morgan fingerprint density at radius 1 is 1.29 bits per heavy atom. The fraction of sp³-hybridized carbons (Fsp3) is 0.429. The van der Waals surface area contributed by atoms with E-state index < -0.39 is 0 Å². The molecule has 2 aromatic rings. The van der Waals surface area contributed by atoms with Crippen LogP contribution in [0, 0.1) is 0 Å². The topological polar surface area (TPSA) is 38.3 Å². The van der Waals surface area contributed by atoms with Gasteiger partial charge < -0.3 is 14.2 Å². The van der Waals surface area contributed by atoms with E-state index in [0.717, 1.165) is 24.4 Å². The van der Waals surface area contributed by atoms with Crippen molar-refractivity contribution in [1.82, 2.24) is 5.32 Å². The van der Waals surface area contributed by atoms with E-state index in [4.69, 9.17) is 8.83 Å². The van der Waals surface area contributed by atoms with E-state index in [1.54, 1.807) is 12.5 Å². The van der Waals surface area contributed by atoms with E-state index >= 15 is 0 Å². The molecule has 0 saturated heterocycles. The minimum atomic E-state index is 0.232. The quantitative estimate of drug-likeness (QED) is 0.877. The van der Waals surface area contributed by atoms with Crippen molar-refractivity contribution in [2.45, 2.75) is 38.3 Å². The molecular formula is C14H17NO2. The Morgan fingerprint density at radius 2 is 2.24 bits per heavy atom. The third-order valence-corrected chi connectivity index (χ3v) is 3.47. The second-order valence-corrected chi connectivity index (χ2v) is 4.65. The van der Waals surface area contributed by atoms with E-state index in [1.807, 2.05) is 12.1 Å². The van der Waals surface area contributed by atoms with Gasteiger partial charge in [-0.05, 0) is 38.0 Å². The summed E-state index contributed by atoms with van der Waals surface area (Å²) >= 11 is 0. The van der Waals surface area contributed by atoms with Gasteiger partial charge in [0.25, 0.3) is 0 Å². The number of hydrogen-bond donors (Lipinski definition) is 1. The van der Waals surface area contributed by atoms with Crippen molar-refractivity contribution < 1.29 is 8.83 Å². The molecule has 3 nitrogen and oxygen atoms in total. The SMILES string of the molecule is CC(NC1CCCc2occc21)c1ccco1. The molecule has 0 aromatic carbocycles. The molecule has 0 spiro atoms. The third kappa shape index (κ3) is 2.03. The molecule has 90 valence electrons. The lowest BCUT2D eigenvalue weighted by atomic mass is 9.93. The van der Waals surface area contributed by atoms with Gasteiger partial charge in [-0.1, -0.05) is 0 Å². The minimum Gasteiger partial charge on any atom is -0.469 e. The van der Waals surface area contributed by atoms with E-state index in [-0.39, 0.29) is 6.04 Å². The van der Waals surface area contributed by atoms with Crippen LogP contribution in [0.2, 0.25) is 0 Å². The Labute approximate surface area is 101 Å². The highest BCUT2D eigenvalue weighted by atomic mass is 16.3. The zero-order valence-electron chi connectivity index (χ0n) is 9.98. The zero-order chi connectivity index (χ0) is 11.7. The first kappa shape index (κ1) is 10.7. The van der Waals surface area contributed by atoms with Crippen molar-refractivity contribution >= 4 is 0 Å². The molecule has 17 heavy (non-hydrogen) atoms. The minimum absolute atomic E-state index is 0.232. The maximum Gasteiger partial charge on any atom is 0.120 e. The molecule has 0 radical (unpaired) electrons. The van der Waals surface area contributed by atoms with Crippen molar-refractivity contribution in [2.24, 2.45) is 0 Å². The third-order valence-electron chi connectivity index (χ3n) is 3.47. The van der Waals surface area contributed by atoms with Gasteiger partial charge in [0.15, 0.2) is 0 Å². The molecule has 0 fully saturated rings. The first-order chi connectivity index (χ1) is 8.34. The summed E-state index contributed by atoms with van der Waals surface area (Å²) in [6, 6.07) is 6.64. The molecule has 0 bridgehead atoms. The first-order valence-corrected chi connectivity index (χ1v) is 6.20. The smallest absolute Gasteiger partial charge is 0.120 e. The van der Waals surface area contributed by atoms with Gasteiger partial charge in [0.1, 0.15) is 11.5 Å². The van der Waals surface area contributed by atoms with Crippen LogP contribution in [0.5, 0.6) is 0 Å². The highest BCUT2D eigenvalue weighted by Gasteiger charge is 2.24. The summed E-state index contributed by atoms with van der Waals surface area (Å²) in [4.78, 5) is 0. The Morgan fingerprint density at radius 3 is 3.06 bits per heavy atom. The fourth-order valence-electron chi connectivity index (χ4n) is 2.58. The predicted molar refractivity (Wildman–Crippen MR) is 64.6 cm³/mol. The number of aryl methyl sites for hydroxylation is 1. The lowest BCUT2D eigenvalue weighted by Crippen LogP contribution is -2.26. The summed E-state index contributed by atoms with van der Waals surface area (Å²) in [7, 11) is 0. The van der Waals surface area contributed by atoms with E-state index in [2.05, 4.69) is 18.3 Å². The van der Waals surface area contributed by atoms with E-state index in [9.17, 15) is 0 Å². The summed E-state index contributed by atoms with van der Waals surface area (Å²) in [5.41, 5.74) is 1.31. The van der Waals surface area contributed by atoms with Crippen molar-refractivity contribution in [3.63, 3.8) is 0 Å². The van der Waals surface area contributed by atoms with Gasteiger partial charge >= 0.3 is 0 Å². The molecule has 3 rings (SSSR count). The van der Waals surface area contributed by atoms with Gasteiger partial charge in [0, 0.05) is 18.0 Å². The molecule has 1 aliphatic carbocycles. The molecule has 0 aliphatic heterocycles. The summed E-state index contributed by atoms with van der Waals surface area (Å²) in [5.74, 6) is 2.13. The predicted octanol–water partition coefficient (Wildman–Crippen LogP) is 3.60. The molecule has 0 saturated carbocycles. The van der Waals surface area contributed by atoms with Crippen LogP contribution in [-0.4, -0.2) is 0 Å². The number of hydrogen-bond acceptors (Lipinski definition) is 3. The van der Waals surface area contributed by atoms with Gasteiger partial charge in [0.2, 0.25) is 0 Å². The maximum atomic E-state index is 5.50. The summed E-state index contributed by atoms with van der Waals surface area (Å²) in [6.45, 7) is 2.13. The van der Waals surface area contributed by atoms with E-state index in [1.165, 1.54) is 12.0 Å². The molecule has 2 unspecified atom stereocenters. The molecule has 0 amide bonds. The number of furan rings is 2. The van der Waals surface area contributed by atoms with Gasteiger partial charge in [0.05, 0.1) is 18.6 Å². The lowest BCUT2D eigenvalue weighted by molar-refractivity contribution is 0.354. The Hall–Kier alpha value is -1.48. The second kappa shape index (κ2) is 4.41. The van der Waals surface area contributed by atoms with Gasteiger partial charge in [-0.15, -0.1) is 0 Å². The fourth-order valence-corrected chi connectivity index (χ4v) is 2.58. The monoisotopic (exact) mass is 231 g/mol. The highest BCUT2D eigenvalue weighted by molar-refractivity contribution is 5.24. The van der Waals surface area contributed by atoms with Crippen LogP contribution in [0.15, 0.2) is 39.6 Å². The van der Waals surface area contributed by atoms with Crippen molar-refractivity contribution in [3.05, 3.63) is 47.8 Å². The molecule has 2 aromatic heterocycles.